The van der Waals surface area contributed by atoms with E-state index in [2.05, 4.69) is 5.32 Å². The molecule has 1 unspecified atom stereocenters. The zero-order valence-corrected chi connectivity index (χ0v) is 21.8. The molecule has 1 saturated heterocycles. The van der Waals surface area contributed by atoms with Crippen LogP contribution in [0, 0.1) is 0 Å². The maximum Gasteiger partial charge on any atom is 0.300 e. The molecule has 0 aliphatic carbocycles. The Labute approximate surface area is 220 Å². The highest BCUT2D eigenvalue weighted by atomic mass is 16.5. The summed E-state index contributed by atoms with van der Waals surface area (Å²) in [5.74, 6) is -1.81. The van der Waals surface area contributed by atoms with Gasteiger partial charge in [0.05, 0.1) is 25.8 Å². The first kappa shape index (κ1) is 26.3. The van der Waals surface area contributed by atoms with Crippen molar-refractivity contribution in [1.29, 1.82) is 0 Å². The molecule has 1 aliphatic heterocycles. The summed E-state index contributed by atoms with van der Waals surface area (Å²) in [6, 6.07) is 18.0. The molecule has 0 spiro atoms. The van der Waals surface area contributed by atoms with Crippen molar-refractivity contribution in [2.24, 2.45) is 0 Å². The minimum atomic E-state index is -0.964. The van der Waals surface area contributed by atoms with Crippen LogP contribution in [-0.2, 0) is 14.4 Å². The fourth-order valence-corrected chi connectivity index (χ4v) is 4.53. The molecule has 1 heterocycles. The van der Waals surface area contributed by atoms with Crippen LogP contribution in [-0.4, -0.2) is 51.0 Å². The van der Waals surface area contributed by atoms with Crippen LogP contribution < -0.4 is 24.6 Å². The molecule has 4 rings (SSSR count). The van der Waals surface area contributed by atoms with E-state index >= 15 is 0 Å². The first-order chi connectivity index (χ1) is 18.2. The Kier molecular flexibility index (Phi) is 7.38. The lowest BCUT2D eigenvalue weighted by molar-refractivity contribution is -0.132. The van der Waals surface area contributed by atoms with Gasteiger partial charge in [0.15, 0.2) is 0 Å². The summed E-state index contributed by atoms with van der Waals surface area (Å²) in [7, 11) is 6.69. The SMILES string of the molecule is COc1cccc(OC)c1/C(O)=C1\C(=O)C(=O)N(c2cccc(NC(C)=O)c2)C1c1ccc(N(C)C)cc1. The molecule has 9 heteroatoms. The van der Waals surface area contributed by atoms with Gasteiger partial charge in [0.2, 0.25) is 5.91 Å². The molecule has 1 fully saturated rings. The Morgan fingerprint density at radius 1 is 0.947 bits per heavy atom. The molecule has 196 valence electrons. The Bertz CT molecular complexity index is 1410. The number of amides is 2. The van der Waals surface area contributed by atoms with E-state index in [1.165, 1.54) is 26.0 Å². The number of nitrogens with one attached hydrogen (secondary N) is 1. The Balaban J connectivity index is 1.98. The number of carbonyl (C=O) groups is 3. The minimum Gasteiger partial charge on any atom is -0.506 e. The number of ether oxygens (including phenoxy) is 2. The second-order valence-corrected chi connectivity index (χ2v) is 8.92. The van der Waals surface area contributed by atoms with Crippen LogP contribution in [0.25, 0.3) is 5.76 Å². The zero-order chi connectivity index (χ0) is 27.6. The molecular weight excluding hydrogens is 486 g/mol. The third-order valence-electron chi connectivity index (χ3n) is 6.28. The van der Waals surface area contributed by atoms with Crippen molar-refractivity contribution in [2.45, 2.75) is 13.0 Å². The van der Waals surface area contributed by atoms with Gasteiger partial charge < -0.3 is 24.8 Å². The number of hydrogen-bond acceptors (Lipinski definition) is 7. The van der Waals surface area contributed by atoms with E-state index < -0.39 is 23.5 Å². The van der Waals surface area contributed by atoms with Crippen LogP contribution in [0.15, 0.2) is 72.3 Å². The number of methoxy groups -OCH3 is 2. The van der Waals surface area contributed by atoms with Crippen molar-refractivity contribution >= 4 is 40.4 Å². The van der Waals surface area contributed by atoms with Crippen molar-refractivity contribution in [1.82, 2.24) is 0 Å². The van der Waals surface area contributed by atoms with Crippen molar-refractivity contribution < 1.29 is 29.0 Å². The van der Waals surface area contributed by atoms with Gasteiger partial charge in [0, 0.05) is 38.1 Å². The molecule has 0 saturated carbocycles. The van der Waals surface area contributed by atoms with Gasteiger partial charge in [0.1, 0.15) is 22.8 Å². The van der Waals surface area contributed by atoms with Crippen LogP contribution >= 0.6 is 0 Å². The molecule has 9 nitrogen and oxygen atoms in total. The number of hydrogen-bond donors (Lipinski definition) is 2. The number of aliphatic hydroxyl groups is 1. The quantitative estimate of drug-likeness (QED) is 0.274. The average molecular weight is 516 g/mol. The van der Waals surface area contributed by atoms with Gasteiger partial charge >= 0.3 is 0 Å². The predicted octanol–water partition coefficient (Wildman–Crippen LogP) is 4.35. The monoisotopic (exact) mass is 515 g/mol. The fourth-order valence-electron chi connectivity index (χ4n) is 4.53. The minimum absolute atomic E-state index is 0.111. The number of ketones is 1. The first-order valence-electron chi connectivity index (χ1n) is 11.8. The van der Waals surface area contributed by atoms with E-state index in [0.29, 0.717) is 16.9 Å². The van der Waals surface area contributed by atoms with Gasteiger partial charge in [-0.1, -0.05) is 24.3 Å². The van der Waals surface area contributed by atoms with E-state index in [1.54, 1.807) is 42.5 Å². The third-order valence-corrected chi connectivity index (χ3v) is 6.28. The van der Waals surface area contributed by atoms with Crippen LogP contribution in [0.1, 0.15) is 24.1 Å². The summed E-state index contributed by atoms with van der Waals surface area (Å²) in [5.41, 5.74) is 2.42. The van der Waals surface area contributed by atoms with E-state index in [4.69, 9.17) is 9.47 Å². The van der Waals surface area contributed by atoms with Crippen LogP contribution in [0.4, 0.5) is 17.1 Å². The van der Waals surface area contributed by atoms with Crippen molar-refractivity contribution in [3.63, 3.8) is 0 Å². The predicted molar refractivity (Wildman–Crippen MR) is 146 cm³/mol. The van der Waals surface area contributed by atoms with Gasteiger partial charge in [-0.2, -0.15) is 0 Å². The van der Waals surface area contributed by atoms with Gasteiger partial charge in [-0.25, -0.2) is 0 Å². The van der Waals surface area contributed by atoms with Crippen LogP contribution in [0.5, 0.6) is 11.5 Å². The lowest BCUT2D eigenvalue weighted by atomic mass is 9.94. The molecule has 0 radical (unpaired) electrons. The van der Waals surface area contributed by atoms with Crippen LogP contribution in [0.3, 0.4) is 0 Å². The highest BCUT2D eigenvalue weighted by Crippen LogP contribution is 2.45. The molecular formula is C29H29N3O6. The number of carbonyl (C=O) groups excluding carboxylic acids is 3. The summed E-state index contributed by atoms with van der Waals surface area (Å²) in [6.45, 7) is 1.38. The van der Waals surface area contributed by atoms with Crippen molar-refractivity contribution in [3.05, 3.63) is 83.4 Å². The number of nitrogens with zero attached hydrogens (tertiary/aromatic N) is 2. The highest BCUT2D eigenvalue weighted by molar-refractivity contribution is 6.51. The second kappa shape index (κ2) is 10.7. The number of Topliss-reactive ketones (excluding diaryl/α,β-unsaturated/α-hetero) is 1. The second-order valence-electron chi connectivity index (χ2n) is 8.92. The summed E-state index contributed by atoms with van der Waals surface area (Å²) < 4.78 is 10.9. The summed E-state index contributed by atoms with van der Waals surface area (Å²) in [5, 5.41) is 14.3. The van der Waals surface area contributed by atoms with Crippen molar-refractivity contribution in [2.75, 3.05) is 43.4 Å². The molecule has 38 heavy (non-hydrogen) atoms. The van der Waals surface area contributed by atoms with Gasteiger partial charge in [-0.05, 0) is 48.0 Å². The topological polar surface area (TPSA) is 108 Å². The molecule has 0 bridgehead atoms. The first-order valence-corrected chi connectivity index (χ1v) is 11.8. The fraction of sp³-hybridized carbons (Fsp3) is 0.207. The number of aliphatic hydroxyl groups excluding tert-OH is 1. The maximum absolute atomic E-state index is 13.6. The normalized spacial score (nSPS) is 16.3. The van der Waals surface area contributed by atoms with E-state index in [-0.39, 0.29) is 28.5 Å². The smallest absolute Gasteiger partial charge is 0.300 e. The third kappa shape index (κ3) is 4.78. The maximum atomic E-state index is 13.6. The molecule has 0 aromatic heterocycles. The van der Waals surface area contributed by atoms with Crippen molar-refractivity contribution in [3.8, 4) is 11.5 Å². The standard InChI is InChI=1S/C29H29N3O6/c1-17(33)30-19-8-6-9-21(16-19)32-26(18-12-14-20(15-13-18)31(2)3)25(28(35)29(32)36)27(34)24-22(37-4)10-7-11-23(24)38-5/h6-16,26,34H,1-5H3,(H,30,33)/b27-25+. The number of rotatable bonds is 7. The average Bonchev–Trinajstić information content (AvgIpc) is 3.17. The number of benzene rings is 3. The molecule has 1 atom stereocenters. The van der Waals surface area contributed by atoms with E-state index in [0.717, 1.165) is 5.69 Å². The molecule has 2 N–H and O–H groups in total. The Morgan fingerprint density at radius 3 is 2.11 bits per heavy atom. The van der Waals surface area contributed by atoms with Gasteiger partial charge in [-0.3, -0.25) is 19.3 Å². The van der Waals surface area contributed by atoms with Gasteiger partial charge in [-0.15, -0.1) is 0 Å². The largest absolute Gasteiger partial charge is 0.506 e. The summed E-state index contributed by atoms with van der Waals surface area (Å²) in [6.07, 6.45) is 0. The lowest BCUT2D eigenvalue weighted by Gasteiger charge is -2.26. The molecule has 1 aliphatic rings. The van der Waals surface area contributed by atoms with Gasteiger partial charge in [0.25, 0.3) is 11.7 Å². The molecule has 2 amide bonds. The number of anilines is 3. The van der Waals surface area contributed by atoms with E-state index in [9.17, 15) is 19.5 Å². The molecule has 3 aromatic rings. The molecule has 3 aromatic carbocycles. The Hall–Kier alpha value is -4.79. The highest BCUT2D eigenvalue weighted by Gasteiger charge is 2.47. The zero-order valence-electron chi connectivity index (χ0n) is 21.8. The van der Waals surface area contributed by atoms with Crippen LogP contribution in [0.2, 0.25) is 0 Å². The van der Waals surface area contributed by atoms with E-state index in [1.807, 2.05) is 43.3 Å². The lowest BCUT2D eigenvalue weighted by Crippen LogP contribution is -2.29. The summed E-state index contributed by atoms with van der Waals surface area (Å²) >= 11 is 0. The Morgan fingerprint density at radius 2 is 1.55 bits per heavy atom. The summed E-state index contributed by atoms with van der Waals surface area (Å²) in [4.78, 5) is 42.0.